The average Bonchev–Trinajstić information content (AvgIpc) is 3.14. The second-order valence-corrected chi connectivity index (χ2v) is 8.60. The van der Waals surface area contributed by atoms with E-state index < -0.39 is 5.97 Å². The van der Waals surface area contributed by atoms with Crippen molar-refractivity contribution >= 4 is 34.5 Å². The van der Waals surface area contributed by atoms with Gasteiger partial charge in [-0.25, -0.2) is 4.79 Å². The maximum absolute atomic E-state index is 13.4. The van der Waals surface area contributed by atoms with Crippen molar-refractivity contribution in [3.8, 4) is 0 Å². The summed E-state index contributed by atoms with van der Waals surface area (Å²) >= 11 is 0. The number of ether oxygens (including phenoxy) is 1. The molecule has 2 N–H and O–H groups in total. The number of carboxylic acid groups (broad SMARTS) is 1. The molecule has 178 valence electrons. The van der Waals surface area contributed by atoms with Crippen molar-refractivity contribution in [3.05, 3.63) is 89.2 Å². The van der Waals surface area contributed by atoms with Gasteiger partial charge in [-0.15, -0.1) is 0 Å². The zero-order valence-corrected chi connectivity index (χ0v) is 19.4. The summed E-state index contributed by atoms with van der Waals surface area (Å²) in [5.41, 5.74) is 5.11. The third-order valence-electron chi connectivity index (χ3n) is 6.33. The first-order chi connectivity index (χ1) is 17.0. The van der Waals surface area contributed by atoms with E-state index in [-0.39, 0.29) is 11.5 Å². The molecule has 0 aliphatic carbocycles. The van der Waals surface area contributed by atoms with Crippen LogP contribution < -0.4 is 10.2 Å². The smallest absolute Gasteiger partial charge is 0.335 e. The third-order valence-corrected chi connectivity index (χ3v) is 6.33. The Labute approximate surface area is 203 Å². The molecule has 1 saturated heterocycles. The van der Waals surface area contributed by atoms with Crippen molar-refractivity contribution in [2.24, 2.45) is 0 Å². The quantitative estimate of drug-likeness (QED) is 0.532. The molecule has 3 aromatic rings. The van der Waals surface area contributed by atoms with Gasteiger partial charge in [0.05, 0.1) is 35.7 Å². The van der Waals surface area contributed by atoms with E-state index in [1.54, 1.807) is 42.5 Å². The van der Waals surface area contributed by atoms with Crippen molar-refractivity contribution in [1.82, 2.24) is 9.88 Å². The number of carbonyl (C=O) groups excluding carboxylic acids is 1. The minimum absolute atomic E-state index is 0.127. The summed E-state index contributed by atoms with van der Waals surface area (Å²) in [7, 11) is 1.69. The Kier molecular flexibility index (Phi) is 6.31. The lowest BCUT2D eigenvalue weighted by atomic mass is 9.99. The Bertz CT molecular complexity index is 1280. The number of nitrogens with one attached hydrogen (secondary N) is 1. The maximum Gasteiger partial charge on any atom is 0.335 e. The number of amides is 1. The van der Waals surface area contributed by atoms with E-state index in [1.165, 1.54) is 11.6 Å². The summed E-state index contributed by atoms with van der Waals surface area (Å²) in [5, 5.41) is 12.9. The second kappa shape index (κ2) is 9.69. The van der Waals surface area contributed by atoms with E-state index >= 15 is 0 Å². The van der Waals surface area contributed by atoms with Crippen LogP contribution >= 0.6 is 0 Å². The van der Waals surface area contributed by atoms with Crippen LogP contribution in [0.4, 0.5) is 11.4 Å². The van der Waals surface area contributed by atoms with Crippen LogP contribution in [-0.2, 0) is 16.1 Å². The maximum atomic E-state index is 13.4. The Morgan fingerprint density at radius 1 is 1.09 bits per heavy atom. The number of rotatable bonds is 6. The molecular weight excluding hydrogens is 444 g/mol. The first kappa shape index (κ1) is 22.8. The molecule has 0 spiro atoms. The molecular formula is C27H26N4O4. The molecule has 1 fully saturated rings. The number of carbonyl (C=O) groups is 2. The van der Waals surface area contributed by atoms with Gasteiger partial charge in [0, 0.05) is 55.9 Å². The minimum Gasteiger partial charge on any atom is -0.478 e. The third kappa shape index (κ3) is 4.66. The number of benzene rings is 2. The van der Waals surface area contributed by atoms with Gasteiger partial charge in [-0.2, -0.15) is 0 Å². The standard InChI is InChI=1S/C27H26N4O4/c1-30-23-9-6-19(27(33)34)15-22(23)24(26(30)32)25(20-3-2-10-28-16-20)29-21-7-4-18(5-8-21)17-31-11-13-35-14-12-31/h2-10,15-16,29H,11-14,17H2,1H3,(H,33,34). The van der Waals surface area contributed by atoms with Gasteiger partial charge in [0.15, 0.2) is 0 Å². The minimum atomic E-state index is -1.04. The zero-order valence-electron chi connectivity index (χ0n) is 19.4. The van der Waals surface area contributed by atoms with Gasteiger partial charge in [-0.05, 0) is 48.0 Å². The predicted molar refractivity (Wildman–Crippen MR) is 134 cm³/mol. The molecule has 2 aliphatic heterocycles. The molecule has 0 radical (unpaired) electrons. The number of aromatic carboxylic acids is 1. The molecule has 0 saturated carbocycles. The SMILES string of the molecule is CN1C(=O)C(=C(Nc2ccc(CN3CCOCC3)cc2)c2cccnc2)c2cc(C(=O)O)ccc21. The highest BCUT2D eigenvalue weighted by molar-refractivity contribution is 6.38. The lowest BCUT2D eigenvalue weighted by Crippen LogP contribution is -2.35. The topological polar surface area (TPSA) is 95.0 Å². The fraction of sp³-hybridized carbons (Fsp3) is 0.222. The van der Waals surface area contributed by atoms with Crippen LogP contribution in [0.2, 0.25) is 0 Å². The Morgan fingerprint density at radius 2 is 1.86 bits per heavy atom. The Hall–Kier alpha value is -4.01. The van der Waals surface area contributed by atoms with Gasteiger partial charge in [0.1, 0.15) is 0 Å². The van der Waals surface area contributed by atoms with E-state index in [9.17, 15) is 14.7 Å². The van der Waals surface area contributed by atoms with E-state index in [0.717, 1.165) is 44.1 Å². The van der Waals surface area contributed by atoms with Crippen molar-refractivity contribution in [1.29, 1.82) is 0 Å². The number of carboxylic acids is 1. The lowest BCUT2D eigenvalue weighted by Gasteiger charge is -2.26. The highest BCUT2D eigenvalue weighted by Crippen LogP contribution is 2.40. The molecule has 8 heteroatoms. The summed E-state index contributed by atoms with van der Waals surface area (Å²) in [6.45, 7) is 4.22. The van der Waals surface area contributed by atoms with Gasteiger partial charge >= 0.3 is 5.97 Å². The van der Waals surface area contributed by atoms with Crippen LogP contribution in [0.25, 0.3) is 11.3 Å². The van der Waals surface area contributed by atoms with Gasteiger partial charge in [-0.3, -0.25) is 14.7 Å². The predicted octanol–water partition coefficient (Wildman–Crippen LogP) is 3.57. The van der Waals surface area contributed by atoms with Crippen LogP contribution in [0.15, 0.2) is 67.0 Å². The van der Waals surface area contributed by atoms with Crippen molar-refractivity contribution in [2.45, 2.75) is 6.54 Å². The molecule has 0 bridgehead atoms. The molecule has 35 heavy (non-hydrogen) atoms. The number of morpholine rings is 1. The van der Waals surface area contributed by atoms with E-state index in [2.05, 4.69) is 27.3 Å². The average molecular weight is 471 g/mol. The first-order valence-electron chi connectivity index (χ1n) is 11.5. The highest BCUT2D eigenvalue weighted by Gasteiger charge is 2.33. The summed E-state index contributed by atoms with van der Waals surface area (Å²) in [4.78, 5) is 33.1. The number of hydrogen-bond donors (Lipinski definition) is 2. The van der Waals surface area contributed by atoms with Crippen molar-refractivity contribution in [2.75, 3.05) is 43.6 Å². The molecule has 8 nitrogen and oxygen atoms in total. The van der Waals surface area contributed by atoms with Gasteiger partial charge in [0.2, 0.25) is 0 Å². The largest absolute Gasteiger partial charge is 0.478 e. The number of anilines is 2. The second-order valence-electron chi connectivity index (χ2n) is 8.60. The fourth-order valence-corrected chi connectivity index (χ4v) is 4.44. The zero-order chi connectivity index (χ0) is 24.4. The normalized spacial score (nSPS) is 17.3. The summed E-state index contributed by atoms with van der Waals surface area (Å²) < 4.78 is 5.43. The van der Waals surface area contributed by atoms with E-state index in [0.29, 0.717) is 22.5 Å². The number of nitrogens with zero attached hydrogens (tertiary/aromatic N) is 3. The Morgan fingerprint density at radius 3 is 2.54 bits per heavy atom. The van der Waals surface area contributed by atoms with Crippen LogP contribution in [0, 0.1) is 0 Å². The first-order valence-corrected chi connectivity index (χ1v) is 11.5. The molecule has 0 unspecified atom stereocenters. The summed E-state index contributed by atoms with van der Waals surface area (Å²) in [6, 6.07) is 16.5. The van der Waals surface area contributed by atoms with E-state index in [4.69, 9.17) is 4.74 Å². The van der Waals surface area contributed by atoms with Crippen LogP contribution in [-0.4, -0.2) is 60.2 Å². The highest BCUT2D eigenvalue weighted by atomic mass is 16.5. The number of hydrogen-bond acceptors (Lipinski definition) is 6. The number of fused-ring (bicyclic) bond motifs is 1. The Balaban J connectivity index is 1.53. The van der Waals surface area contributed by atoms with Crippen LogP contribution in [0.5, 0.6) is 0 Å². The van der Waals surface area contributed by atoms with Gasteiger partial charge in [-0.1, -0.05) is 12.1 Å². The monoisotopic (exact) mass is 470 g/mol. The fourth-order valence-electron chi connectivity index (χ4n) is 4.44. The molecule has 1 amide bonds. The molecule has 2 aromatic carbocycles. The van der Waals surface area contributed by atoms with E-state index in [1.807, 2.05) is 18.2 Å². The molecule has 3 heterocycles. The van der Waals surface area contributed by atoms with Crippen LogP contribution in [0.1, 0.15) is 27.0 Å². The molecule has 2 aliphatic rings. The molecule has 5 rings (SSSR count). The molecule has 0 atom stereocenters. The summed E-state index contributed by atoms with van der Waals surface area (Å²) in [5.74, 6) is -1.25. The number of aromatic nitrogens is 1. The van der Waals surface area contributed by atoms with Gasteiger partial charge < -0.3 is 20.1 Å². The number of pyridine rings is 1. The molecule has 1 aromatic heterocycles. The number of likely N-dealkylation sites (N-methyl/N-ethyl adjacent to an activating group) is 1. The van der Waals surface area contributed by atoms with Crippen molar-refractivity contribution < 1.29 is 19.4 Å². The van der Waals surface area contributed by atoms with Crippen LogP contribution in [0.3, 0.4) is 0 Å². The van der Waals surface area contributed by atoms with Gasteiger partial charge in [0.25, 0.3) is 5.91 Å². The summed E-state index contributed by atoms with van der Waals surface area (Å²) in [6.07, 6.45) is 3.36. The van der Waals surface area contributed by atoms with Crippen molar-refractivity contribution in [3.63, 3.8) is 0 Å². The lowest BCUT2D eigenvalue weighted by molar-refractivity contribution is -0.112.